The number of rotatable bonds is 9. The number of hydrogen-bond donors (Lipinski definition) is 1. The standard InChI is InChI=1S/C17H31N3S/c1-5-7-16(3)21-15-17(18-9-6-2)8-10-20-13-11-19(4)12-14-20/h5-7,9,17-18H,1,8,10-15H2,2-4H3/b9-6+,16-7+/t17-/m1/s1. The second-order valence-corrected chi connectivity index (χ2v) is 6.89. The third kappa shape index (κ3) is 8.34. The van der Waals surface area contributed by atoms with Gasteiger partial charge in [0.1, 0.15) is 0 Å². The van der Waals surface area contributed by atoms with Crippen LogP contribution < -0.4 is 5.32 Å². The summed E-state index contributed by atoms with van der Waals surface area (Å²) in [5.41, 5.74) is 0. The fraction of sp³-hybridized carbons (Fsp3) is 0.647. The summed E-state index contributed by atoms with van der Waals surface area (Å²) in [6, 6.07) is 0.527. The minimum absolute atomic E-state index is 0.527. The first-order valence-corrected chi connectivity index (χ1v) is 8.84. The van der Waals surface area contributed by atoms with Crippen LogP contribution in [0.2, 0.25) is 0 Å². The molecule has 1 rings (SSSR count). The van der Waals surface area contributed by atoms with Crippen LogP contribution in [0.25, 0.3) is 0 Å². The molecule has 0 spiro atoms. The van der Waals surface area contributed by atoms with Gasteiger partial charge in [-0.25, -0.2) is 0 Å². The van der Waals surface area contributed by atoms with Gasteiger partial charge in [-0.3, -0.25) is 0 Å². The fourth-order valence-corrected chi connectivity index (χ4v) is 3.22. The number of likely N-dealkylation sites (N-methyl/N-ethyl adjacent to an activating group) is 1. The Bertz CT molecular complexity index is 344. The lowest BCUT2D eigenvalue weighted by molar-refractivity contribution is 0.150. The predicted octanol–water partition coefficient (Wildman–Crippen LogP) is 2.94. The average Bonchev–Trinajstić information content (AvgIpc) is 2.48. The molecular weight excluding hydrogens is 278 g/mol. The molecule has 1 heterocycles. The van der Waals surface area contributed by atoms with Crippen LogP contribution >= 0.6 is 11.8 Å². The smallest absolute Gasteiger partial charge is 0.0361 e. The molecule has 0 amide bonds. The van der Waals surface area contributed by atoms with Crippen molar-refractivity contribution in [3.8, 4) is 0 Å². The summed E-state index contributed by atoms with van der Waals surface area (Å²) in [5.74, 6) is 1.11. The van der Waals surface area contributed by atoms with Crippen molar-refractivity contribution in [1.29, 1.82) is 0 Å². The Morgan fingerprint density at radius 1 is 1.33 bits per heavy atom. The third-order valence-corrected chi connectivity index (χ3v) is 4.91. The maximum absolute atomic E-state index is 3.75. The zero-order chi connectivity index (χ0) is 15.5. The van der Waals surface area contributed by atoms with E-state index < -0.39 is 0 Å². The highest BCUT2D eigenvalue weighted by Gasteiger charge is 2.15. The zero-order valence-electron chi connectivity index (χ0n) is 13.8. The summed E-state index contributed by atoms with van der Waals surface area (Å²) in [6.45, 7) is 14.0. The molecule has 0 bridgehead atoms. The molecule has 4 heteroatoms. The first kappa shape index (κ1) is 18.3. The van der Waals surface area contributed by atoms with Gasteiger partial charge in [-0.05, 0) is 38.4 Å². The van der Waals surface area contributed by atoms with Crippen molar-refractivity contribution in [3.05, 3.63) is 35.9 Å². The number of piperazine rings is 1. The van der Waals surface area contributed by atoms with Crippen molar-refractivity contribution in [2.45, 2.75) is 26.3 Å². The summed E-state index contributed by atoms with van der Waals surface area (Å²) >= 11 is 1.91. The largest absolute Gasteiger partial charge is 0.388 e. The fourth-order valence-electron chi connectivity index (χ4n) is 2.30. The molecule has 0 aromatic heterocycles. The van der Waals surface area contributed by atoms with E-state index in [1.54, 1.807) is 0 Å². The van der Waals surface area contributed by atoms with Crippen LogP contribution in [-0.2, 0) is 0 Å². The SMILES string of the molecule is C=C/C=C(\C)SC[C@@H](CCN1CCN(C)CC1)N/C=C/C. The quantitative estimate of drug-likeness (QED) is 0.660. The second-order valence-electron chi connectivity index (χ2n) is 5.62. The molecule has 0 aliphatic carbocycles. The van der Waals surface area contributed by atoms with Crippen LogP contribution in [-0.4, -0.2) is 61.4 Å². The van der Waals surface area contributed by atoms with Crippen molar-refractivity contribution >= 4 is 11.8 Å². The van der Waals surface area contributed by atoms with Gasteiger partial charge in [0.25, 0.3) is 0 Å². The van der Waals surface area contributed by atoms with E-state index in [0.717, 1.165) is 5.75 Å². The highest BCUT2D eigenvalue weighted by Crippen LogP contribution is 2.17. The molecule has 0 saturated carbocycles. The first-order valence-electron chi connectivity index (χ1n) is 7.86. The molecular formula is C17H31N3S. The van der Waals surface area contributed by atoms with Crippen molar-refractivity contribution in [3.63, 3.8) is 0 Å². The number of nitrogens with one attached hydrogen (secondary N) is 1. The summed E-state index contributed by atoms with van der Waals surface area (Å²) in [4.78, 5) is 6.32. The van der Waals surface area contributed by atoms with Crippen molar-refractivity contribution in [2.24, 2.45) is 0 Å². The summed E-state index contributed by atoms with van der Waals surface area (Å²) in [6.07, 6.45) is 9.28. The highest BCUT2D eigenvalue weighted by molar-refractivity contribution is 8.03. The maximum atomic E-state index is 3.75. The number of allylic oxidation sites excluding steroid dienone is 4. The Balaban J connectivity index is 2.34. The van der Waals surface area contributed by atoms with Gasteiger partial charge in [0, 0.05) is 44.5 Å². The predicted molar refractivity (Wildman–Crippen MR) is 96.7 cm³/mol. The molecule has 0 unspecified atom stereocenters. The molecule has 1 fully saturated rings. The second kappa shape index (κ2) is 10.9. The van der Waals surface area contributed by atoms with E-state index in [2.05, 4.69) is 60.9 Å². The van der Waals surface area contributed by atoms with Gasteiger partial charge in [-0.2, -0.15) is 0 Å². The molecule has 1 saturated heterocycles. The lowest BCUT2D eigenvalue weighted by atomic mass is 10.2. The zero-order valence-corrected chi connectivity index (χ0v) is 14.7. The van der Waals surface area contributed by atoms with E-state index >= 15 is 0 Å². The van der Waals surface area contributed by atoms with Crippen LogP contribution in [0.15, 0.2) is 35.9 Å². The molecule has 1 N–H and O–H groups in total. The van der Waals surface area contributed by atoms with E-state index in [-0.39, 0.29) is 0 Å². The topological polar surface area (TPSA) is 18.5 Å². The van der Waals surface area contributed by atoms with E-state index in [1.165, 1.54) is 44.0 Å². The molecule has 1 aliphatic rings. The molecule has 1 aliphatic heterocycles. The minimum atomic E-state index is 0.527. The van der Waals surface area contributed by atoms with Gasteiger partial charge in [0.05, 0.1) is 0 Å². The summed E-state index contributed by atoms with van der Waals surface area (Å²) in [7, 11) is 2.21. The molecule has 0 aromatic carbocycles. The van der Waals surface area contributed by atoms with E-state index in [4.69, 9.17) is 0 Å². The lowest BCUT2D eigenvalue weighted by Gasteiger charge is -2.33. The van der Waals surface area contributed by atoms with Gasteiger partial charge in [-0.1, -0.05) is 24.8 Å². The molecule has 0 radical (unpaired) electrons. The van der Waals surface area contributed by atoms with Gasteiger partial charge < -0.3 is 15.1 Å². The van der Waals surface area contributed by atoms with E-state index in [9.17, 15) is 0 Å². The van der Waals surface area contributed by atoms with E-state index in [0.29, 0.717) is 6.04 Å². The van der Waals surface area contributed by atoms with Crippen LogP contribution in [0.3, 0.4) is 0 Å². The molecule has 0 aromatic rings. The van der Waals surface area contributed by atoms with Crippen LogP contribution in [0, 0.1) is 0 Å². The van der Waals surface area contributed by atoms with Gasteiger partial charge >= 0.3 is 0 Å². The van der Waals surface area contributed by atoms with Crippen molar-refractivity contribution in [1.82, 2.24) is 15.1 Å². The molecule has 21 heavy (non-hydrogen) atoms. The Hall–Kier alpha value is -0.710. The first-order chi connectivity index (χ1) is 10.2. The monoisotopic (exact) mass is 309 g/mol. The number of hydrogen-bond acceptors (Lipinski definition) is 4. The molecule has 3 nitrogen and oxygen atoms in total. The Morgan fingerprint density at radius 2 is 2.05 bits per heavy atom. The van der Waals surface area contributed by atoms with E-state index in [1.807, 2.05) is 17.8 Å². The van der Waals surface area contributed by atoms with Crippen LogP contribution in [0.1, 0.15) is 20.3 Å². The number of thioether (sulfide) groups is 1. The highest BCUT2D eigenvalue weighted by atomic mass is 32.2. The van der Waals surface area contributed by atoms with Crippen LogP contribution in [0.5, 0.6) is 0 Å². The lowest BCUT2D eigenvalue weighted by Crippen LogP contribution is -2.45. The van der Waals surface area contributed by atoms with Crippen molar-refractivity contribution in [2.75, 3.05) is 45.5 Å². The average molecular weight is 310 g/mol. The van der Waals surface area contributed by atoms with Gasteiger partial charge in [0.15, 0.2) is 0 Å². The summed E-state index contributed by atoms with van der Waals surface area (Å²) < 4.78 is 0. The maximum Gasteiger partial charge on any atom is 0.0361 e. The van der Waals surface area contributed by atoms with Crippen LogP contribution in [0.4, 0.5) is 0 Å². The number of nitrogens with zero attached hydrogens (tertiary/aromatic N) is 2. The third-order valence-electron chi connectivity index (χ3n) is 3.75. The van der Waals surface area contributed by atoms with Gasteiger partial charge in [0.2, 0.25) is 0 Å². The van der Waals surface area contributed by atoms with Gasteiger partial charge in [-0.15, -0.1) is 11.8 Å². The molecule has 120 valence electrons. The minimum Gasteiger partial charge on any atom is -0.388 e. The Kier molecular flexibility index (Phi) is 9.55. The Labute approximate surface area is 135 Å². The normalized spacial score (nSPS) is 19.9. The Morgan fingerprint density at radius 3 is 2.67 bits per heavy atom. The summed E-state index contributed by atoms with van der Waals surface area (Å²) in [5, 5.41) is 3.52. The van der Waals surface area contributed by atoms with Crippen molar-refractivity contribution < 1.29 is 0 Å². The molecule has 1 atom stereocenters.